The van der Waals surface area contributed by atoms with E-state index in [-0.39, 0.29) is 28.5 Å². The van der Waals surface area contributed by atoms with Gasteiger partial charge in [-0.05, 0) is 65.7 Å². The molecule has 1 aliphatic rings. The minimum absolute atomic E-state index is 0.166. The fourth-order valence-corrected chi connectivity index (χ4v) is 5.76. The van der Waals surface area contributed by atoms with Gasteiger partial charge in [-0.1, -0.05) is 12.1 Å². The highest BCUT2D eigenvalue weighted by molar-refractivity contribution is 9.10. The molecule has 1 aliphatic carbocycles. The third kappa shape index (κ3) is 6.11. The molecule has 1 fully saturated rings. The van der Waals surface area contributed by atoms with Crippen molar-refractivity contribution in [2.45, 2.75) is 30.6 Å². The summed E-state index contributed by atoms with van der Waals surface area (Å²) in [7, 11) is -1.84. The van der Waals surface area contributed by atoms with Gasteiger partial charge in [0.25, 0.3) is 5.69 Å². The fraction of sp³-hybridized carbons (Fsp3) is 0.381. The molecule has 0 saturated heterocycles. The molecule has 3 rings (SSSR count). The van der Waals surface area contributed by atoms with Crippen molar-refractivity contribution >= 4 is 37.8 Å². The second-order valence-electron chi connectivity index (χ2n) is 7.64. The Morgan fingerprint density at radius 3 is 2.39 bits per heavy atom. The van der Waals surface area contributed by atoms with Crippen molar-refractivity contribution in [3.8, 4) is 0 Å². The summed E-state index contributed by atoms with van der Waals surface area (Å²) in [6, 6.07) is 11.9. The molecule has 2 aromatic rings. The van der Waals surface area contributed by atoms with Gasteiger partial charge >= 0.3 is 5.91 Å². The first-order valence-corrected chi connectivity index (χ1v) is 12.3. The third-order valence-corrected chi connectivity index (χ3v) is 7.93. The lowest BCUT2D eigenvalue weighted by Gasteiger charge is -2.27. The molecule has 0 atom stereocenters. The number of benzene rings is 1. The summed E-state index contributed by atoms with van der Waals surface area (Å²) in [5.74, 6) is -0.647. The van der Waals surface area contributed by atoms with Crippen LogP contribution in [0.4, 0.5) is 0 Å². The lowest BCUT2D eigenvalue weighted by atomic mass is 9.82. The standard InChI is InChI=1S/C21H25BrN4O4S/c1-26-13-5-4-7-18(26)21(28)25-24-20(27)16-11-9-15(10-12-16)14-23-31(29,30)19-8-3-2-6-17(19)22/h2-8,13,15-16,23,28H,9-12,14H2,1H3/p+1. The van der Waals surface area contributed by atoms with Crippen molar-refractivity contribution in [1.82, 2.24) is 15.6 Å². The zero-order valence-corrected chi connectivity index (χ0v) is 19.6. The van der Waals surface area contributed by atoms with Gasteiger partial charge in [-0.25, -0.2) is 13.1 Å². The summed E-state index contributed by atoms with van der Waals surface area (Å²) in [5, 5.41) is 0. The Morgan fingerprint density at radius 2 is 1.71 bits per heavy atom. The van der Waals surface area contributed by atoms with Gasteiger partial charge in [0, 0.05) is 29.1 Å². The average Bonchev–Trinajstić information content (AvgIpc) is 2.77. The van der Waals surface area contributed by atoms with Crippen LogP contribution in [-0.4, -0.2) is 26.8 Å². The molecular formula is C21H26BrN4O4S+. The molecule has 0 aliphatic heterocycles. The number of pyridine rings is 1. The predicted molar refractivity (Wildman–Crippen MR) is 118 cm³/mol. The molecule has 2 amide bonds. The number of carbonyl (C=O) groups is 2. The van der Waals surface area contributed by atoms with E-state index in [1.54, 1.807) is 54.2 Å². The fourth-order valence-electron chi connectivity index (χ4n) is 3.64. The number of aromatic nitrogens is 1. The van der Waals surface area contributed by atoms with Crippen molar-refractivity contribution in [3.05, 3.63) is 58.8 Å². The monoisotopic (exact) mass is 509 g/mol. The summed E-state index contributed by atoms with van der Waals surface area (Å²) in [4.78, 5) is 24.8. The highest BCUT2D eigenvalue weighted by Gasteiger charge is 2.28. The SMILES string of the molecule is C[n+]1ccccc1C(=O)NNC(=O)C1CCC(CNS(=O)(=O)c2ccccc2Br)CC1. The molecule has 3 N–H and O–H groups in total. The number of amides is 2. The molecule has 1 aromatic heterocycles. The van der Waals surface area contributed by atoms with Crippen molar-refractivity contribution in [1.29, 1.82) is 0 Å². The van der Waals surface area contributed by atoms with Gasteiger partial charge in [0.15, 0.2) is 6.20 Å². The molecule has 1 saturated carbocycles. The first kappa shape index (κ1) is 23.4. The Balaban J connectivity index is 1.44. The lowest BCUT2D eigenvalue weighted by molar-refractivity contribution is -0.673. The summed E-state index contributed by atoms with van der Waals surface area (Å²) in [6.07, 6.45) is 4.50. The zero-order valence-electron chi connectivity index (χ0n) is 17.2. The maximum absolute atomic E-state index is 12.5. The van der Waals surface area contributed by atoms with Gasteiger partial charge in [-0.3, -0.25) is 20.4 Å². The maximum Gasteiger partial charge on any atom is 0.334 e. The number of sulfonamides is 1. The quantitative estimate of drug-likeness (QED) is 0.407. The minimum Gasteiger partial charge on any atom is -0.273 e. The summed E-state index contributed by atoms with van der Waals surface area (Å²) < 4.78 is 29.9. The van der Waals surface area contributed by atoms with Gasteiger partial charge < -0.3 is 0 Å². The number of nitrogens with one attached hydrogen (secondary N) is 3. The van der Waals surface area contributed by atoms with Crippen LogP contribution in [0.25, 0.3) is 0 Å². The van der Waals surface area contributed by atoms with Crippen LogP contribution in [0.2, 0.25) is 0 Å². The van der Waals surface area contributed by atoms with E-state index in [0.717, 1.165) is 12.8 Å². The van der Waals surface area contributed by atoms with Crippen molar-refractivity contribution in [2.24, 2.45) is 18.9 Å². The Labute approximate surface area is 190 Å². The van der Waals surface area contributed by atoms with Crippen LogP contribution in [0.1, 0.15) is 36.2 Å². The number of hydrogen-bond acceptors (Lipinski definition) is 4. The lowest BCUT2D eigenvalue weighted by Crippen LogP contribution is -2.49. The van der Waals surface area contributed by atoms with Gasteiger partial charge in [0.2, 0.25) is 15.9 Å². The number of nitrogens with zero attached hydrogens (tertiary/aromatic N) is 1. The van der Waals surface area contributed by atoms with Crippen LogP contribution in [-0.2, 0) is 21.9 Å². The average molecular weight is 510 g/mol. The minimum atomic E-state index is -3.59. The normalized spacial score (nSPS) is 18.9. The van der Waals surface area contributed by atoms with E-state index in [0.29, 0.717) is 29.6 Å². The molecule has 166 valence electrons. The number of halogens is 1. The van der Waals surface area contributed by atoms with E-state index in [9.17, 15) is 18.0 Å². The van der Waals surface area contributed by atoms with Gasteiger partial charge in [0.05, 0.1) is 4.90 Å². The smallest absolute Gasteiger partial charge is 0.273 e. The molecule has 10 heteroatoms. The molecule has 8 nitrogen and oxygen atoms in total. The number of hydrogen-bond donors (Lipinski definition) is 3. The van der Waals surface area contributed by atoms with Crippen molar-refractivity contribution in [3.63, 3.8) is 0 Å². The first-order chi connectivity index (χ1) is 14.8. The van der Waals surface area contributed by atoms with Gasteiger partial charge in [-0.2, -0.15) is 4.57 Å². The summed E-state index contributed by atoms with van der Waals surface area (Å²) in [6.45, 7) is 0.333. The number of aryl methyl sites for hydroxylation is 1. The van der Waals surface area contributed by atoms with Gasteiger partial charge in [0.1, 0.15) is 7.05 Å². The molecule has 0 bridgehead atoms. The van der Waals surface area contributed by atoms with E-state index in [1.165, 1.54) is 0 Å². The zero-order chi connectivity index (χ0) is 22.4. The van der Waals surface area contributed by atoms with Crippen LogP contribution in [0, 0.1) is 11.8 Å². The van der Waals surface area contributed by atoms with E-state index in [4.69, 9.17) is 0 Å². The van der Waals surface area contributed by atoms with E-state index >= 15 is 0 Å². The predicted octanol–water partition coefficient (Wildman–Crippen LogP) is 1.82. The molecule has 0 unspecified atom stereocenters. The second kappa shape index (κ2) is 10.3. The van der Waals surface area contributed by atoms with Crippen molar-refractivity contribution in [2.75, 3.05) is 6.54 Å². The topological polar surface area (TPSA) is 108 Å². The van der Waals surface area contributed by atoms with Crippen molar-refractivity contribution < 1.29 is 22.6 Å². The number of carbonyl (C=O) groups excluding carboxylic acids is 2. The van der Waals surface area contributed by atoms with Crippen LogP contribution in [0.3, 0.4) is 0 Å². The number of rotatable bonds is 6. The van der Waals surface area contributed by atoms with Crippen LogP contribution < -0.4 is 20.1 Å². The molecule has 0 radical (unpaired) electrons. The highest BCUT2D eigenvalue weighted by atomic mass is 79.9. The Morgan fingerprint density at radius 1 is 1.03 bits per heavy atom. The second-order valence-corrected chi connectivity index (χ2v) is 10.2. The van der Waals surface area contributed by atoms with E-state index in [2.05, 4.69) is 31.5 Å². The third-order valence-electron chi connectivity index (χ3n) is 5.49. The molecular weight excluding hydrogens is 484 g/mol. The molecule has 0 spiro atoms. The first-order valence-electron chi connectivity index (χ1n) is 10.1. The Kier molecular flexibility index (Phi) is 7.79. The summed E-state index contributed by atoms with van der Waals surface area (Å²) in [5.41, 5.74) is 5.40. The molecule has 1 aromatic carbocycles. The van der Waals surface area contributed by atoms with E-state index in [1.807, 2.05) is 6.07 Å². The molecule has 1 heterocycles. The summed E-state index contributed by atoms with van der Waals surface area (Å²) >= 11 is 3.27. The van der Waals surface area contributed by atoms with Crippen LogP contribution in [0.15, 0.2) is 58.0 Å². The van der Waals surface area contributed by atoms with Crippen LogP contribution in [0.5, 0.6) is 0 Å². The largest absolute Gasteiger partial charge is 0.334 e. The maximum atomic E-state index is 12.5. The van der Waals surface area contributed by atoms with Crippen LogP contribution >= 0.6 is 15.9 Å². The Hall–Kier alpha value is -2.30. The Bertz CT molecular complexity index is 1050. The molecule has 31 heavy (non-hydrogen) atoms. The van der Waals surface area contributed by atoms with E-state index < -0.39 is 10.0 Å². The highest BCUT2D eigenvalue weighted by Crippen LogP contribution is 2.29. The van der Waals surface area contributed by atoms with Gasteiger partial charge in [-0.15, -0.1) is 0 Å². The number of hydrazine groups is 1.